The van der Waals surface area contributed by atoms with Crippen LogP contribution in [0.1, 0.15) is 5.56 Å². The summed E-state index contributed by atoms with van der Waals surface area (Å²) in [5, 5.41) is 16.0. The highest BCUT2D eigenvalue weighted by molar-refractivity contribution is 5.85. The highest BCUT2D eigenvalue weighted by atomic mass is 16.3. The third-order valence-electron chi connectivity index (χ3n) is 4.98. The number of aromatic hydroxyl groups is 1. The maximum Gasteiger partial charge on any atom is 0.232 e. The summed E-state index contributed by atoms with van der Waals surface area (Å²) in [6.45, 7) is 0.651. The molecule has 3 aromatic heterocycles. The normalized spacial score (nSPS) is 10.9. The van der Waals surface area contributed by atoms with E-state index in [2.05, 4.69) is 25.6 Å². The zero-order valence-electron chi connectivity index (χ0n) is 17.2. The number of nitrogens with one attached hydrogen (secondary N) is 2. The number of pyridine rings is 1. The van der Waals surface area contributed by atoms with Crippen LogP contribution in [0.15, 0.2) is 85.3 Å². The van der Waals surface area contributed by atoms with Crippen LogP contribution in [0.4, 0.5) is 17.6 Å². The molecule has 0 radical (unpaired) electrons. The summed E-state index contributed by atoms with van der Waals surface area (Å²) in [5.74, 6) is 1.99. The lowest BCUT2D eigenvalue weighted by atomic mass is 10.1. The van der Waals surface area contributed by atoms with Gasteiger partial charge in [0.2, 0.25) is 5.95 Å². The van der Waals surface area contributed by atoms with E-state index in [1.165, 1.54) is 0 Å². The molecule has 0 atom stereocenters. The monoisotopic (exact) mass is 423 g/mol. The lowest BCUT2D eigenvalue weighted by Gasteiger charge is -2.11. The molecule has 2 aromatic carbocycles. The van der Waals surface area contributed by atoms with Gasteiger partial charge >= 0.3 is 0 Å². The second kappa shape index (κ2) is 8.73. The summed E-state index contributed by atoms with van der Waals surface area (Å²) < 4.78 is 1.94. The maximum atomic E-state index is 9.47. The van der Waals surface area contributed by atoms with Crippen LogP contribution in [0, 0.1) is 0 Å². The number of nitrogens with zero attached hydrogens (tertiary/aromatic N) is 5. The number of anilines is 3. The minimum absolute atomic E-state index is 0.260. The van der Waals surface area contributed by atoms with Crippen molar-refractivity contribution in [3.63, 3.8) is 0 Å². The van der Waals surface area contributed by atoms with E-state index in [1.807, 2.05) is 65.2 Å². The zero-order chi connectivity index (χ0) is 21.8. The molecule has 0 aliphatic heterocycles. The van der Waals surface area contributed by atoms with E-state index in [-0.39, 0.29) is 5.75 Å². The van der Waals surface area contributed by atoms with Gasteiger partial charge in [-0.05, 0) is 48.4 Å². The highest BCUT2D eigenvalue weighted by Gasteiger charge is 2.14. The van der Waals surface area contributed by atoms with Gasteiger partial charge in [0, 0.05) is 18.4 Å². The number of rotatable bonds is 7. The summed E-state index contributed by atoms with van der Waals surface area (Å²) in [7, 11) is 0. The van der Waals surface area contributed by atoms with Crippen molar-refractivity contribution in [2.75, 3.05) is 17.2 Å². The molecule has 32 heavy (non-hydrogen) atoms. The van der Waals surface area contributed by atoms with Gasteiger partial charge in [-0.25, -0.2) is 9.97 Å². The molecular formula is C24H21N7O. The predicted octanol–water partition coefficient (Wildman–Crippen LogP) is 4.31. The fourth-order valence-electron chi connectivity index (χ4n) is 3.40. The van der Waals surface area contributed by atoms with Crippen LogP contribution in [0.3, 0.4) is 0 Å². The minimum atomic E-state index is 0.260. The highest BCUT2D eigenvalue weighted by Crippen LogP contribution is 2.24. The average molecular weight is 423 g/mol. The quantitative estimate of drug-likeness (QED) is 0.358. The lowest BCUT2D eigenvalue weighted by molar-refractivity contribution is 0.475. The number of phenolic OH excluding ortho intramolecular Hbond substituents is 1. The van der Waals surface area contributed by atoms with Crippen molar-refractivity contribution in [1.82, 2.24) is 24.5 Å². The standard InChI is InChI=1S/C24H21N7O/c32-19-11-9-17(10-12-19)13-15-26-22-21-23(31(16-27-21)18-6-2-1-3-7-18)30-24(29-22)28-20-8-4-5-14-25-20/h1-12,14,16,32H,13,15H2,(H2,25,26,28,29,30). The average Bonchev–Trinajstić information content (AvgIpc) is 3.26. The molecule has 5 rings (SSSR count). The summed E-state index contributed by atoms with van der Waals surface area (Å²) in [4.78, 5) is 18.3. The van der Waals surface area contributed by atoms with Crippen LogP contribution in [-0.4, -0.2) is 36.2 Å². The Bertz CT molecular complexity index is 1320. The summed E-state index contributed by atoms with van der Waals surface area (Å²) in [6, 6.07) is 22.8. The van der Waals surface area contributed by atoms with Crippen LogP contribution in [0.25, 0.3) is 16.9 Å². The predicted molar refractivity (Wildman–Crippen MR) is 124 cm³/mol. The topological polar surface area (TPSA) is 101 Å². The molecule has 0 amide bonds. The van der Waals surface area contributed by atoms with Crippen molar-refractivity contribution in [3.8, 4) is 11.4 Å². The number of hydrogen-bond donors (Lipinski definition) is 3. The number of phenols is 1. The number of aromatic nitrogens is 5. The van der Waals surface area contributed by atoms with E-state index in [4.69, 9.17) is 4.98 Å². The Labute approximate surface area is 184 Å². The lowest BCUT2D eigenvalue weighted by Crippen LogP contribution is -2.09. The van der Waals surface area contributed by atoms with Gasteiger partial charge in [-0.15, -0.1) is 0 Å². The Morgan fingerprint density at radius 2 is 1.66 bits per heavy atom. The molecule has 8 nitrogen and oxygen atoms in total. The summed E-state index contributed by atoms with van der Waals surface area (Å²) in [5.41, 5.74) is 3.46. The van der Waals surface area contributed by atoms with Crippen LogP contribution in [0.5, 0.6) is 5.75 Å². The van der Waals surface area contributed by atoms with Gasteiger partial charge in [0.25, 0.3) is 0 Å². The van der Waals surface area contributed by atoms with Gasteiger partial charge in [0.05, 0.1) is 0 Å². The third-order valence-corrected chi connectivity index (χ3v) is 4.98. The van der Waals surface area contributed by atoms with Crippen LogP contribution >= 0.6 is 0 Å². The van der Waals surface area contributed by atoms with Crippen molar-refractivity contribution in [2.24, 2.45) is 0 Å². The van der Waals surface area contributed by atoms with E-state index in [1.54, 1.807) is 24.7 Å². The molecule has 0 saturated carbocycles. The smallest absolute Gasteiger partial charge is 0.232 e. The molecule has 0 bridgehead atoms. The van der Waals surface area contributed by atoms with Crippen molar-refractivity contribution in [3.05, 3.63) is 90.9 Å². The molecule has 3 N–H and O–H groups in total. The van der Waals surface area contributed by atoms with Gasteiger partial charge in [-0.1, -0.05) is 36.4 Å². The Balaban J connectivity index is 1.48. The van der Waals surface area contributed by atoms with Crippen molar-refractivity contribution in [1.29, 1.82) is 0 Å². The van der Waals surface area contributed by atoms with Crippen molar-refractivity contribution >= 4 is 28.7 Å². The molecule has 0 spiro atoms. The molecule has 0 saturated heterocycles. The second-order valence-electron chi connectivity index (χ2n) is 7.20. The Hall–Kier alpha value is -4.46. The van der Waals surface area contributed by atoms with E-state index < -0.39 is 0 Å². The van der Waals surface area contributed by atoms with Gasteiger partial charge in [-0.3, -0.25) is 4.57 Å². The first kappa shape index (κ1) is 19.5. The van der Waals surface area contributed by atoms with Crippen molar-refractivity contribution < 1.29 is 5.11 Å². The molecule has 0 unspecified atom stereocenters. The molecular weight excluding hydrogens is 402 g/mol. The molecule has 0 fully saturated rings. The van der Waals surface area contributed by atoms with Crippen LogP contribution in [0.2, 0.25) is 0 Å². The summed E-state index contributed by atoms with van der Waals surface area (Å²) >= 11 is 0. The zero-order valence-corrected chi connectivity index (χ0v) is 17.2. The fraction of sp³-hybridized carbons (Fsp3) is 0.0833. The molecule has 3 heterocycles. The molecule has 0 aliphatic carbocycles. The Kier molecular flexibility index (Phi) is 5.32. The number of fused-ring (bicyclic) bond motifs is 1. The first-order chi connectivity index (χ1) is 15.8. The number of imidazole rings is 1. The Morgan fingerprint density at radius 3 is 2.44 bits per heavy atom. The molecule has 0 aliphatic rings. The first-order valence-electron chi connectivity index (χ1n) is 10.3. The number of benzene rings is 2. The second-order valence-corrected chi connectivity index (χ2v) is 7.20. The van der Waals surface area contributed by atoms with Crippen molar-refractivity contribution in [2.45, 2.75) is 6.42 Å². The van der Waals surface area contributed by atoms with E-state index >= 15 is 0 Å². The molecule has 5 aromatic rings. The van der Waals surface area contributed by atoms with Crippen LogP contribution < -0.4 is 10.6 Å². The van der Waals surface area contributed by atoms with Gasteiger partial charge < -0.3 is 15.7 Å². The maximum absolute atomic E-state index is 9.47. The van der Waals surface area contributed by atoms with E-state index in [9.17, 15) is 5.11 Å². The Morgan fingerprint density at radius 1 is 0.844 bits per heavy atom. The first-order valence-corrected chi connectivity index (χ1v) is 10.3. The van der Waals surface area contributed by atoms with Gasteiger partial charge in [0.1, 0.15) is 17.9 Å². The van der Waals surface area contributed by atoms with Gasteiger partial charge in [-0.2, -0.15) is 9.97 Å². The SMILES string of the molecule is Oc1ccc(CCNc2nc(Nc3ccccn3)nc3c2ncn3-c2ccccc2)cc1. The van der Waals surface area contributed by atoms with E-state index in [0.717, 1.165) is 17.7 Å². The van der Waals surface area contributed by atoms with Crippen LogP contribution in [-0.2, 0) is 6.42 Å². The minimum Gasteiger partial charge on any atom is -0.508 e. The van der Waals surface area contributed by atoms with E-state index in [0.29, 0.717) is 35.3 Å². The largest absolute Gasteiger partial charge is 0.508 e. The number of hydrogen-bond acceptors (Lipinski definition) is 7. The van der Waals surface area contributed by atoms with Gasteiger partial charge in [0.15, 0.2) is 17.0 Å². The fourth-order valence-corrected chi connectivity index (χ4v) is 3.40. The summed E-state index contributed by atoms with van der Waals surface area (Å²) in [6.07, 6.45) is 4.24. The molecule has 158 valence electrons. The molecule has 8 heteroatoms. The third kappa shape index (κ3) is 4.20. The number of para-hydroxylation sites is 1.